The van der Waals surface area contributed by atoms with Crippen LogP contribution in [-0.4, -0.2) is 44.9 Å². The standard InChI is InChI=1S/C23H32N2O4/c1-23(2,3)21(22(24)26)25(4)14-16-10-9-12-18(20(16)29-15-27-5)17-11-7-8-13-19(17)28-6/h7-13,21H,14-15H2,1-6H3,(H2,24,26)/t21-/m1/s1. The van der Waals surface area contributed by atoms with Crippen molar-refractivity contribution in [2.75, 3.05) is 28.1 Å². The number of carbonyl (C=O) groups is 1. The molecule has 2 N–H and O–H groups in total. The molecule has 0 radical (unpaired) electrons. The van der Waals surface area contributed by atoms with Crippen molar-refractivity contribution in [3.63, 3.8) is 0 Å². The Hall–Kier alpha value is -2.57. The smallest absolute Gasteiger partial charge is 0.235 e. The minimum atomic E-state index is -0.423. The third-order valence-electron chi connectivity index (χ3n) is 4.77. The number of nitrogens with zero attached hydrogens (tertiary/aromatic N) is 1. The van der Waals surface area contributed by atoms with Crippen LogP contribution in [0.1, 0.15) is 26.3 Å². The van der Waals surface area contributed by atoms with Gasteiger partial charge in [-0.2, -0.15) is 0 Å². The lowest BCUT2D eigenvalue weighted by Crippen LogP contribution is -2.50. The van der Waals surface area contributed by atoms with Crippen LogP contribution in [-0.2, 0) is 16.1 Å². The zero-order valence-corrected chi connectivity index (χ0v) is 18.2. The van der Waals surface area contributed by atoms with Gasteiger partial charge in [0.2, 0.25) is 5.91 Å². The van der Waals surface area contributed by atoms with Crippen molar-refractivity contribution in [3.8, 4) is 22.6 Å². The predicted octanol–water partition coefficient (Wildman–Crippen LogP) is 3.68. The molecule has 6 nitrogen and oxygen atoms in total. The van der Waals surface area contributed by atoms with Crippen LogP contribution in [0.25, 0.3) is 11.1 Å². The summed E-state index contributed by atoms with van der Waals surface area (Å²) >= 11 is 0. The molecular formula is C23H32N2O4. The Kier molecular flexibility index (Phi) is 7.65. The number of likely N-dealkylation sites (N-methyl/N-ethyl adjacent to an activating group) is 1. The van der Waals surface area contributed by atoms with Gasteiger partial charge in [0.05, 0.1) is 13.2 Å². The molecule has 0 aromatic heterocycles. The molecule has 0 saturated heterocycles. The predicted molar refractivity (Wildman–Crippen MR) is 115 cm³/mol. The van der Waals surface area contributed by atoms with Crippen molar-refractivity contribution in [1.82, 2.24) is 4.90 Å². The number of hydrogen-bond donors (Lipinski definition) is 1. The van der Waals surface area contributed by atoms with Gasteiger partial charge in [-0.1, -0.05) is 57.2 Å². The summed E-state index contributed by atoms with van der Waals surface area (Å²) in [5.74, 6) is 1.10. The van der Waals surface area contributed by atoms with E-state index < -0.39 is 6.04 Å². The SMILES string of the molecule is COCOc1c(CN(C)[C@H](C(N)=O)C(C)(C)C)cccc1-c1ccccc1OC. The molecule has 0 aliphatic heterocycles. The van der Waals surface area contributed by atoms with Gasteiger partial charge in [0, 0.05) is 30.3 Å². The van der Waals surface area contributed by atoms with Crippen molar-refractivity contribution < 1.29 is 19.0 Å². The maximum absolute atomic E-state index is 12.1. The first kappa shape index (κ1) is 22.7. The number of rotatable bonds is 9. The molecule has 6 heteroatoms. The summed E-state index contributed by atoms with van der Waals surface area (Å²) in [4.78, 5) is 14.1. The Labute approximate surface area is 173 Å². The Morgan fingerprint density at radius 1 is 1.07 bits per heavy atom. The lowest BCUT2D eigenvalue weighted by Gasteiger charge is -2.36. The van der Waals surface area contributed by atoms with E-state index in [1.807, 2.05) is 75.2 Å². The maximum Gasteiger partial charge on any atom is 0.235 e. The first-order chi connectivity index (χ1) is 13.7. The van der Waals surface area contributed by atoms with Crippen molar-refractivity contribution in [2.24, 2.45) is 11.1 Å². The molecule has 0 aliphatic carbocycles. The Bertz CT molecular complexity index is 830. The number of benzene rings is 2. The van der Waals surface area contributed by atoms with Crippen LogP contribution < -0.4 is 15.2 Å². The number of carbonyl (C=O) groups excluding carboxylic acids is 1. The van der Waals surface area contributed by atoms with Crippen LogP contribution in [0.3, 0.4) is 0 Å². The summed E-state index contributed by atoms with van der Waals surface area (Å²) in [6.07, 6.45) is 0. The van der Waals surface area contributed by atoms with Crippen LogP contribution in [0.2, 0.25) is 0 Å². The van der Waals surface area contributed by atoms with Gasteiger partial charge in [-0.05, 0) is 18.5 Å². The van der Waals surface area contributed by atoms with Gasteiger partial charge >= 0.3 is 0 Å². The summed E-state index contributed by atoms with van der Waals surface area (Å²) in [7, 11) is 5.13. The number of amides is 1. The molecule has 158 valence electrons. The molecule has 1 atom stereocenters. The van der Waals surface area contributed by atoms with Crippen LogP contribution in [0, 0.1) is 5.41 Å². The highest BCUT2D eigenvalue weighted by atomic mass is 16.7. The van der Waals surface area contributed by atoms with Gasteiger partial charge in [0.1, 0.15) is 11.5 Å². The van der Waals surface area contributed by atoms with E-state index in [1.54, 1.807) is 14.2 Å². The molecule has 0 saturated carbocycles. The van der Waals surface area contributed by atoms with E-state index in [1.165, 1.54) is 0 Å². The molecule has 2 aromatic carbocycles. The van der Waals surface area contributed by atoms with Gasteiger partial charge in [0.15, 0.2) is 6.79 Å². The highest BCUT2D eigenvalue weighted by Crippen LogP contribution is 2.39. The number of methoxy groups -OCH3 is 2. The maximum atomic E-state index is 12.1. The topological polar surface area (TPSA) is 74.0 Å². The van der Waals surface area contributed by atoms with Crippen molar-refractivity contribution in [3.05, 3.63) is 48.0 Å². The molecule has 2 aromatic rings. The van der Waals surface area contributed by atoms with Crippen LogP contribution >= 0.6 is 0 Å². The average Bonchev–Trinajstić information content (AvgIpc) is 2.65. The highest BCUT2D eigenvalue weighted by Gasteiger charge is 2.33. The van der Waals surface area contributed by atoms with Crippen molar-refractivity contribution >= 4 is 5.91 Å². The van der Waals surface area contributed by atoms with E-state index in [-0.39, 0.29) is 18.1 Å². The monoisotopic (exact) mass is 400 g/mol. The zero-order chi connectivity index (χ0) is 21.6. The molecule has 0 heterocycles. The zero-order valence-electron chi connectivity index (χ0n) is 18.2. The van der Waals surface area contributed by atoms with E-state index in [2.05, 4.69) is 0 Å². The minimum absolute atomic E-state index is 0.112. The van der Waals surface area contributed by atoms with Gasteiger partial charge in [-0.15, -0.1) is 0 Å². The van der Waals surface area contributed by atoms with Gasteiger partial charge < -0.3 is 19.9 Å². The normalized spacial score (nSPS) is 12.7. The molecule has 0 aliphatic rings. The van der Waals surface area contributed by atoms with Crippen molar-refractivity contribution in [2.45, 2.75) is 33.4 Å². The summed E-state index contributed by atoms with van der Waals surface area (Å²) < 4.78 is 16.7. The molecular weight excluding hydrogens is 368 g/mol. The fourth-order valence-electron chi connectivity index (χ4n) is 3.74. The molecule has 0 fully saturated rings. The van der Waals surface area contributed by atoms with E-state index in [0.29, 0.717) is 12.3 Å². The average molecular weight is 401 g/mol. The summed E-state index contributed by atoms with van der Waals surface area (Å²) in [5, 5.41) is 0. The molecule has 0 spiro atoms. The third-order valence-corrected chi connectivity index (χ3v) is 4.77. The Morgan fingerprint density at radius 3 is 2.31 bits per heavy atom. The number of nitrogens with two attached hydrogens (primary N) is 1. The van der Waals surface area contributed by atoms with E-state index in [0.717, 1.165) is 22.4 Å². The van der Waals surface area contributed by atoms with E-state index in [4.69, 9.17) is 19.9 Å². The van der Waals surface area contributed by atoms with E-state index >= 15 is 0 Å². The first-order valence-corrected chi connectivity index (χ1v) is 9.57. The van der Waals surface area contributed by atoms with Gasteiger partial charge in [0.25, 0.3) is 0 Å². The number of primary amides is 1. The largest absolute Gasteiger partial charge is 0.496 e. The quantitative estimate of drug-likeness (QED) is 0.650. The second kappa shape index (κ2) is 9.76. The van der Waals surface area contributed by atoms with E-state index in [9.17, 15) is 4.79 Å². The van der Waals surface area contributed by atoms with Crippen LogP contribution in [0.15, 0.2) is 42.5 Å². The second-order valence-electron chi connectivity index (χ2n) is 8.13. The Morgan fingerprint density at radius 2 is 1.72 bits per heavy atom. The highest BCUT2D eigenvalue weighted by molar-refractivity contribution is 5.81. The summed E-state index contributed by atoms with van der Waals surface area (Å²) in [6, 6.07) is 13.3. The van der Waals surface area contributed by atoms with Gasteiger partial charge in [-0.3, -0.25) is 9.69 Å². The van der Waals surface area contributed by atoms with Crippen LogP contribution in [0.4, 0.5) is 0 Å². The fraction of sp³-hybridized carbons (Fsp3) is 0.435. The second-order valence-corrected chi connectivity index (χ2v) is 8.13. The Balaban J connectivity index is 2.51. The first-order valence-electron chi connectivity index (χ1n) is 9.57. The third kappa shape index (κ3) is 5.49. The lowest BCUT2D eigenvalue weighted by molar-refractivity contribution is -0.126. The summed E-state index contributed by atoms with van der Waals surface area (Å²) in [6.45, 7) is 6.62. The number of hydrogen-bond acceptors (Lipinski definition) is 5. The molecule has 0 bridgehead atoms. The molecule has 1 amide bonds. The summed E-state index contributed by atoms with van der Waals surface area (Å²) in [5.41, 5.74) is 8.17. The van der Waals surface area contributed by atoms with Crippen LogP contribution in [0.5, 0.6) is 11.5 Å². The number of para-hydroxylation sites is 2. The molecule has 0 unspecified atom stereocenters. The lowest BCUT2D eigenvalue weighted by atomic mass is 9.85. The molecule has 29 heavy (non-hydrogen) atoms. The number of ether oxygens (including phenoxy) is 3. The van der Waals surface area contributed by atoms with Gasteiger partial charge in [-0.25, -0.2) is 0 Å². The van der Waals surface area contributed by atoms with Crippen molar-refractivity contribution in [1.29, 1.82) is 0 Å². The fourth-order valence-corrected chi connectivity index (χ4v) is 3.74. The minimum Gasteiger partial charge on any atom is -0.496 e. The molecule has 2 rings (SSSR count).